The van der Waals surface area contributed by atoms with Crippen molar-refractivity contribution in [3.8, 4) is 0 Å². The van der Waals surface area contributed by atoms with Gasteiger partial charge in [0.25, 0.3) is 5.91 Å². The molecule has 0 saturated carbocycles. The van der Waals surface area contributed by atoms with Crippen LogP contribution in [0.4, 0.5) is 10.1 Å². The smallest absolute Gasteiger partial charge is 0.265 e. The molecule has 33 heavy (non-hydrogen) atoms. The van der Waals surface area contributed by atoms with Gasteiger partial charge < -0.3 is 5.73 Å². The number of anilines is 1. The van der Waals surface area contributed by atoms with Crippen molar-refractivity contribution in [2.24, 2.45) is 11.7 Å². The van der Waals surface area contributed by atoms with Crippen LogP contribution in [-0.4, -0.2) is 28.9 Å². The van der Waals surface area contributed by atoms with E-state index in [0.717, 1.165) is 10.5 Å². The maximum absolute atomic E-state index is 13.6. The van der Waals surface area contributed by atoms with Crippen molar-refractivity contribution >= 4 is 23.4 Å². The summed E-state index contributed by atoms with van der Waals surface area (Å²) in [7, 11) is 0. The number of hydroxylamine groups is 2. The summed E-state index contributed by atoms with van der Waals surface area (Å²) in [6.45, 7) is 0.250. The van der Waals surface area contributed by atoms with E-state index in [1.165, 1.54) is 12.1 Å². The second kappa shape index (κ2) is 8.23. The van der Waals surface area contributed by atoms with Crippen LogP contribution >= 0.6 is 0 Å². The lowest BCUT2D eigenvalue weighted by Crippen LogP contribution is -2.37. The van der Waals surface area contributed by atoms with Gasteiger partial charge in [0.1, 0.15) is 5.82 Å². The van der Waals surface area contributed by atoms with Gasteiger partial charge in [-0.05, 0) is 47.5 Å². The molecule has 0 aliphatic carbocycles. The van der Waals surface area contributed by atoms with Crippen LogP contribution in [0.5, 0.6) is 0 Å². The topological polar surface area (TPSA) is 92.9 Å². The van der Waals surface area contributed by atoms with E-state index in [0.29, 0.717) is 16.8 Å². The lowest BCUT2D eigenvalue weighted by molar-refractivity contribution is -0.177. The van der Waals surface area contributed by atoms with E-state index < -0.39 is 35.7 Å². The van der Waals surface area contributed by atoms with Gasteiger partial charge in [0.15, 0.2) is 6.10 Å². The molecule has 5 rings (SSSR count). The summed E-state index contributed by atoms with van der Waals surface area (Å²) in [5, 5.41) is 1.58. The van der Waals surface area contributed by atoms with Crippen LogP contribution in [0.25, 0.3) is 0 Å². The normalized spacial score (nSPS) is 22.6. The first kappa shape index (κ1) is 21.0. The number of rotatable bonds is 5. The van der Waals surface area contributed by atoms with E-state index in [9.17, 15) is 18.8 Å². The molecule has 166 valence electrons. The summed E-state index contributed by atoms with van der Waals surface area (Å²) >= 11 is 0. The Morgan fingerprint density at radius 2 is 1.58 bits per heavy atom. The molecule has 7 nitrogen and oxygen atoms in total. The standard InChI is InChI=1S/C25H20FN3O4/c26-18-12-10-16(11-13-18)21-20-22(25(32)29(24(20)31)19-4-2-1-3-5-19)33-28(21)14-15-6-8-17(9-7-15)23(27)30/h1-13,20-22H,14H2,(H2,27,30). The fraction of sp³-hybridized carbons (Fsp3) is 0.160. The molecule has 2 heterocycles. The number of hydrogen-bond acceptors (Lipinski definition) is 5. The summed E-state index contributed by atoms with van der Waals surface area (Å²) in [4.78, 5) is 45.2. The van der Waals surface area contributed by atoms with E-state index in [4.69, 9.17) is 10.6 Å². The predicted molar refractivity (Wildman–Crippen MR) is 117 cm³/mol. The van der Waals surface area contributed by atoms with Crippen molar-refractivity contribution in [3.05, 3.63) is 101 Å². The van der Waals surface area contributed by atoms with Crippen LogP contribution in [0.1, 0.15) is 27.5 Å². The molecule has 0 radical (unpaired) electrons. The number of nitrogens with zero attached hydrogens (tertiary/aromatic N) is 2. The Balaban J connectivity index is 1.49. The number of primary amides is 1. The molecular formula is C25H20FN3O4. The van der Waals surface area contributed by atoms with Crippen LogP contribution in [0, 0.1) is 11.7 Å². The van der Waals surface area contributed by atoms with Gasteiger partial charge in [0, 0.05) is 12.1 Å². The van der Waals surface area contributed by atoms with Gasteiger partial charge >= 0.3 is 0 Å². The zero-order valence-electron chi connectivity index (χ0n) is 17.4. The molecule has 2 N–H and O–H groups in total. The minimum absolute atomic E-state index is 0.250. The predicted octanol–water partition coefficient (Wildman–Crippen LogP) is 2.97. The first-order valence-electron chi connectivity index (χ1n) is 10.4. The minimum Gasteiger partial charge on any atom is -0.366 e. The van der Waals surface area contributed by atoms with Crippen molar-refractivity contribution < 1.29 is 23.6 Å². The van der Waals surface area contributed by atoms with Gasteiger partial charge in [-0.15, -0.1) is 0 Å². The van der Waals surface area contributed by atoms with Gasteiger partial charge in [-0.1, -0.05) is 42.5 Å². The van der Waals surface area contributed by atoms with Crippen LogP contribution in [0.3, 0.4) is 0 Å². The second-order valence-electron chi connectivity index (χ2n) is 8.03. The SMILES string of the molecule is NC(=O)c1ccc(CN2OC3C(=O)N(c4ccccc4)C(=O)C3C2c2ccc(F)cc2)cc1. The van der Waals surface area contributed by atoms with Crippen LogP contribution in [-0.2, 0) is 21.0 Å². The highest BCUT2D eigenvalue weighted by Crippen LogP contribution is 2.46. The molecule has 3 atom stereocenters. The highest BCUT2D eigenvalue weighted by molar-refractivity contribution is 6.23. The van der Waals surface area contributed by atoms with Crippen LogP contribution < -0.4 is 10.6 Å². The zero-order chi connectivity index (χ0) is 23.1. The third-order valence-electron chi connectivity index (χ3n) is 6.00. The lowest BCUT2D eigenvalue weighted by atomic mass is 9.90. The summed E-state index contributed by atoms with van der Waals surface area (Å²) < 4.78 is 13.6. The molecule has 2 fully saturated rings. The Morgan fingerprint density at radius 1 is 0.909 bits per heavy atom. The number of amides is 3. The minimum atomic E-state index is -0.988. The number of carbonyl (C=O) groups excluding carboxylic acids is 3. The Labute approximate surface area is 189 Å². The maximum atomic E-state index is 13.6. The van der Waals surface area contributed by atoms with Crippen molar-refractivity contribution in [3.63, 3.8) is 0 Å². The molecule has 2 aliphatic rings. The number of halogens is 1. The lowest BCUT2D eigenvalue weighted by Gasteiger charge is -2.27. The number of hydrogen-bond donors (Lipinski definition) is 1. The Morgan fingerprint density at radius 3 is 2.21 bits per heavy atom. The number of carbonyl (C=O) groups is 3. The highest BCUT2D eigenvalue weighted by atomic mass is 19.1. The van der Waals surface area contributed by atoms with Gasteiger partial charge in [-0.25, -0.2) is 9.29 Å². The quantitative estimate of drug-likeness (QED) is 0.610. The molecular weight excluding hydrogens is 425 g/mol. The Bertz CT molecular complexity index is 1210. The fourth-order valence-corrected chi connectivity index (χ4v) is 4.42. The monoisotopic (exact) mass is 445 g/mol. The summed E-state index contributed by atoms with van der Waals surface area (Å²) in [5.41, 5.74) is 7.62. The largest absolute Gasteiger partial charge is 0.366 e. The van der Waals surface area contributed by atoms with Gasteiger partial charge in [0.05, 0.1) is 17.6 Å². The van der Waals surface area contributed by atoms with E-state index in [1.54, 1.807) is 71.8 Å². The molecule has 3 aromatic carbocycles. The Hall–Kier alpha value is -3.88. The average molecular weight is 445 g/mol. The number of benzene rings is 3. The third-order valence-corrected chi connectivity index (χ3v) is 6.00. The van der Waals surface area contributed by atoms with E-state index in [2.05, 4.69) is 0 Å². The molecule has 2 saturated heterocycles. The summed E-state index contributed by atoms with van der Waals surface area (Å²) in [5.74, 6) is -2.52. The fourth-order valence-electron chi connectivity index (χ4n) is 4.42. The maximum Gasteiger partial charge on any atom is 0.265 e. The van der Waals surface area contributed by atoms with Gasteiger partial charge in [-0.2, -0.15) is 5.06 Å². The van der Waals surface area contributed by atoms with E-state index >= 15 is 0 Å². The van der Waals surface area contributed by atoms with E-state index in [1.807, 2.05) is 0 Å². The first-order valence-corrected chi connectivity index (χ1v) is 10.4. The Kier molecular flexibility index (Phi) is 5.24. The highest BCUT2D eigenvalue weighted by Gasteiger charge is 2.59. The van der Waals surface area contributed by atoms with E-state index in [-0.39, 0.29) is 12.5 Å². The number of para-hydroxylation sites is 1. The van der Waals surface area contributed by atoms with Crippen LogP contribution in [0.15, 0.2) is 78.9 Å². The summed E-state index contributed by atoms with van der Waals surface area (Å²) in [6, 6.07) is 20.6. The molecule has 2 aliphatic heterocycles. The molecule has 3 aromatic rings. The first-order chi connectivity index (χ1) is 15.9. The number of nitrogens with two attached hydrogens (primary N) is 1. The van der Waals surface area contributed by atoms with Crippen LogP contribution in [0.2, 0.25) is 0 Å². The van der Waals surface area contributed by atoms with Gasteiger partial charge in [-0.3, -0.25) is 19.2 Å². The van der Waals surface area contributed by atoms with Crippen molar-refractivity contribution in [2.75, 3.05) is 4.90 Å². The third kappa shape index (κ3) is 3.69. The van der Waals surface area contributed by atoms with Gasteiger partial charge in [0.2, 0.25) is 11.8 Å². The van der Waals surface area contributed by atoms with Crippen molar-refractivity contribution in [1.82, 2.24) is 5.06 Å². The molecule has 3 unspecified atom stereocenters. The summed E-state index contributed by atoms with van der Waals surface area (Å²) in [6.07, 6.45) is -0.988. The number of fused-ring (bicyclic) bond motifs is 1. The average Bonchev–Trinajstić information content (AvgIpc) is 3.30. The molecule has 8 heteroatoms. The molecule has 0 spiro atoms. The molecule has 0 aromatic heterocycles. The van der Waals surface area contributed by atoms with Crippen molar-refractivity contribution in [1.29, 1.82) is 0 Å². The zero-order valence-corrected chi connectivity index (χ0v) is 17.4. The molecule has 3 amide bonds. The second-order valence-corrected chi connectivity index (χ2v) is 8.03. The van der Waals surface area contributed by atoms with Crippen molar-refractivity contribution in [2.45, 2.75) is 18.7 Å². The number of imide groups is 1. The molecule has 0 bridgehead atoms.